The molecule has 7 rings (SSSR count). The predicted molar refractivity (Wildman–Crippen MR) is 164 cm³/mol. The van der Waals surface area contributed by atoms with Gasteiger partial charge < -0.3 is 14.7 Å². The molecule has 2 fully saturated rings. The number of Topliss-reactive ketones (excluding diaryl/α,β-unsaturated/α-hetero) is 1. The first-order valence-corrected chi connectivity index (χ1v) is 15.1. The van der Waals surface area contributed by atoms with Crippen molar-refractivity contribution in [1.29, 1.82) is 0 Å². The second-order valence-electron chi connectivity index (χ2n) is 11.9. The van der Waals surface area contributed by atoms with E-state index in [2.05, 4.69) is 32.9 Å². The van der Waals surface area contributed by atoms with Crippen molar-refractivity contribution in [2.24, 2.45) is 0 Å². The summed E-state index contributed by atoms with van der Waals surface area (Å²) in [6, 6.07) is 13.4. The number of fused-ring (bicyclic) bond motifs is 2. The van der Waals surface area contributed by atoms with Gasteiger partial charge in [-0.15, -0.1) is 0 Å². The first-order valence-electron chi connectivity index (χ1n) is 15.1. The van der Waals surface area contributed by atoms with Crippen molar-refractivity contribution < 1.29 is 14.6 Å². The molecule has 0 radical (unpaired) electrons. The van der Waals surface area contributed by atoms with Gasteiger partial charge >= 0.3 is 0 Å². The molecule has 1 saturated carbocycles. The minimum atomic E-state index is 0.00839. The summed E-state index contributed by atoms with van der Waals surface area (Å²) in [5, 5.41) is 16.0. The van der Waals surface area contributed by atoms with Gasteiger partial charge in [0.05, 0.1) is 35.3 Å². The number of pyridine rings is 2. The Morgan fingerprint density at radius 1 is 1.09 bits per heavy atom. The van der Waals surface area contributed by atoms with Crippen LogP contribution in [0.2, 0.25) is 0 Å². The summed E-state index contributed by atoms with van der Waals surface area (Å²) in [5.74, 6) is 1.37. The normalized spacial score (nSPS) is 16.3. The summed E-state index contributed by atoms with van der Waals surface area (Å²) in [6.07, 6.45) is 6.02. The van der Waals surface area contributed by atoms with Gasteiger partial charge in [0.2, 0.25) is 0 Å². The molecule has 1 aliphatic heterocycles. The average Bonchev–Trinajstić information content (AvgIpc) is 3.66. The monoisotopic (exact) mass is 579 g/mol. The fourth-order valence-corrected chi connectivity index (χ4v) is 5.97. The standard InChI is InChI=1S/C33H37N7O3/c1-22-29(41)9-8-25(35-22)21-40-27-5-3-4-24(32(27)33(36-40)23-6-7-23)18-30(42)28-20-34-31-19-26(10-11-39(28)31)43-17-16-38-14-12-37(2)13-15-38/h3-5,8-11,19-20,23,41H,6-7,12-18,21H2,1-2H3. The molecule has 1 saturated heterocycles. The van der Waals surface area contributed by atoms with E-state index in [0.717, 1.165) is 79.2 Å². The molecule has 10 nitrogen and oxygen atoms in total. The maximum atomic E-state index is 13.7. The van der Waals surface area contributed by atoms with Crippen molar-refractivity contribution >= 4 is 22.3 Å². The Bertz CT molecular complexity index is 1800. The van der Waals surface area contributed by atoms with Gasteiger partial charge in [-0.2, -0.15) is 5.10 Å². The van der Waals surface area contributed by atoms with Crippen LogP contribution in [0.1, 0.15) is 51.9 Å². The Hall–Kier alpha value is -4.28. The number of carbonyl (C=O) groups excluding carboxylic acids is 1. The number of aromatic hydroxyl groups is 1. The molecule has 1 aromatic carbocycles. The summed E-state index contributed by atoms with van der Waals surface area (Å²) in [7, 11) is 2.16. The van der Waals surface area contributed by atoms with E-state index in [9.17, 15) is 9.90 Å². The number of rotatable bonds is 10. The lowest BCUT2D eigenvalue weighted by Crippen LogP contribution is -2.45. The fourth-order valence-electron chi connectivity index (χ4n) is 5.97. The molecule has 222 valence electrons. The Labute approximate surface area is 250 Å². The molecule has 5 heterocycles. The van der Waals surface area contributed by atoms with E-state index in [4.69, 9.17) is 9.84 Å². The number of benzene rings is 1. The third-order valence-corrected chi connectivity index (χ3v) is 8.68. The van der Waals surface area contributed by atoms with Gasteiger partial charge in [0.15, 0.2) is 5.78 Å². The van der Waals surface area contributed by atoms with Crippen molar-refractivity contribution in [1.82, 2.24) is 33.9 Å². The van der Waals surface area contributed by atoms with E-state index in [0.29, 0.717) is 36.1 Å². The second-order valence-corrected chi connectivity index (χ2v) is 11.9. The van der Waals surface area contributed by atoms with Crippen LogP contribution < -0.4 is 4.74 Å². The number of aromatic nitrogens is 5. The molecule has 43 heavy (non-hydrogen) atoms. The third-order valence-electron chi connectivity index (χ3n) is 8.68. The highest BCUT2D eigenvalue weighted by atomic mass is 16.5. The van der Waals surface area contributed by atoms with Crippen LogP contribution in [0.3, 0.4) is 0 Å². The van der Waals surface area contributed by atoms with Gasteiger partial charge in [-0.1, -0.05) is 12.1 Å². The van der Waals surface area contributed by atoms with E-state index in [1.54, 1.807) is 19.2 Å². The number of hydrogen-bond acceptors (Lipinski definition) is 8. The Kier molecular flexibility index (Phi) is 7.32. The van der Waals surface area contributed by atoms with Crippen molar-refractivity contribution in [2.45, 2.75) is 38.6 Å². The Morgan fingerprint density at radius 3 is 2.72 bits per heavy atom. The highest BCUT2D eigenvalue weighted by Crippen LogP contribution is 2.43. The van der Waals surface area contributed by atoms with E-state index in [1.807, 2.05) is 45.6 Å². The zero-order valence-corrected chi connectivity index (χ0v) is 24.7. The van der Waals surface area contributed by atoms with E-state index in [-0.39, 0.29) is 18.0 Å². The summed E-state index contributed by atoms with van der Waals surface area (Å²) in [4.78, 5) is 27.5. The Morgan fingerprint density at radius 2 is 1.93 bits per heavy atom. The second kappa shape index (κ2) is 11.4. The zero-order chi connectivity index (χ0) is 29.5. The molecule has 1 aliphatic carbocycles. The molecule has 10 heteroatoms. The molecule has 0 atom stereocenters. The number of piperazine rings is 1. The number of aryl methyl sites for hydroxylation is 1. The number of likely N-dealkylation sites (N-methyl/N-ethyl adjacent to an activating group) is 1. The molecule has 4 aromatic heterocycles. The highest BCUT2D eigenvalue weighted by Gasteiger charge is 2.31. The van der Waals surface area contributed by atoms with Crippen LogP contribution in [0.4, 0.5) is 0 Å². The van der Waals surface area contributed by atoms with Crippen molar-refractivity contribution in [3.05, 3.63) is 83.2 Å². The smallest absolute Gasteiger partial charge is 0.185 e. The number of hydrogen-bond donors (Lipinski definition) is 1. The summed E-state index contributed by atoms with van der Waals surface area (Å²) < 4.78 is 9.86. The SMILES string of the molecule is Cc1nc(Cn2nc(C3CC3)c3c(CC(=O)c4cnc5cc(OCCN6CCN(C)CC6)ccn45)cccc32)ccc1O. The molecule has 5 aromatic rings. The maximum Gasteiger partial charge on any atom is 0.185 e. The van der Waals surface area contributed by atoms with Gasteiger partial charge in [-0.05, 0) is 56.6 Å². The number of ketones is 1. The fraction of sp³-hybridized carbons (Fsp3) is 0.394. The quantitative estimate of drug-likeness (QED) is 0.247. The van der Waals surface area contributed by atoms with Gasteiger partial charge in [0.25, 0.3) is 0 Å². The molecule has 0 spiro atoms. The highest BCUT2D eigenvalue weighted by molar-refractivity contribution is 5.99. The molecule has 0 unspecified atom stereocenters. The number of nitrogens with zero attached hydrogens (tertiary/aromatic N) is 7. The van der Waals surface area contributed by atoms with Gasteiger partial charge in [-0.3, -0.25) is 23.8 Å². The summed E-state index contributed by atoms with van der Waals surface area (Å²) in [6.45, 7) is 8.12. The lowest BCUT2D eigenvalue weighted by molar-refractivity contribution is 0.0987. The van der Waals surface area contributed by atoms with Crippen molar-refractivity contribution in [3.8, 4) is 11.5 Å². The first kappa shape index (κ1) is 27.5. The molecular formula is C33H37N7O3. The van der Waals surface area contributed by atoms with Crippen LogP contribution >= 0.6 is 0 Å². The van der Waals surface area contributed by atoms with Gasteiger partial charge in [0.1, 0.15) is 29.4 Å². The molecule has 2 aliphatic rings. The Balaban J connectivity index is 1.09. The zero-order valence-electron chi connectivity index (χ0n) is 24.7. The summed E-state index contributed by atoms with van der Waals surface area (Å²) >= 11 is 0. The maximum absolute atomic E-state index is 13.7. The average molecular weight is 580 g/mol. The van der Waals surface area contributed by atoms with Gasteiger partial charge in [0, 0.05) is 62.7 Å². The molecular weight excluding hydrogens is 542 g/mol. The van der Waals surface area contributed by atoms with Crippen LogP contribution in [0.5, 0.6) is 11.5 Å². The topological polar surface area (TPSA) is 101 Å². The lowest BCUT2D eigenvalue weighted by Gasteiger charge is -2.32. The third kappa shape index (κ3) is 5.72. The van der Waals surface area contributed by atoms with E-state index >= 15 is 0 Å². The molecule has 0 bridgehead atoms. The van der Waals surface area contributed by atoms with E-state index < -0.39 is 0 Å². The molecule has 1 N–H and O–H groups in total. The number of imidazole rings is 1. The van der Waals surface area contributed by atoms with Crippen molar-refractivity contribution in [2.75, 3.05) is 46.4 Å². The van der Waals surface area contributed by atoms with Crippen LogP contribution in [-0.4, -0.2) is 91.2 Å². The predicted octanol–water partition coefficient (Wildman–Crippen LogP) is 4.07. The lowest BCUT2D eigenvalue weighted by atomic mass is 10.00. The van der Waals surface area contributed by atoms with Crippen LogP contribution in [0.15, 0.2) is 54.9 Å². The summed E-state index contributed by atoms with van der Waals surface area (Å²) in [5.41, 5.74) is 5.71. The minimum absolute atomic E-state index is 0.00839. The molecule has 0 amide bonds. The van der Waals surface area contributed by atoms with Crippen LogP contribution in [-0.2, 0) is 13.0 Å². The van der Waals surface area contributed by atoms with Crippen molar-refractivity contribution in [3.63, 3.8) is 0 Å². The van der Waals surface area contributed by atoms with Gasteiger partial charge in [-0.25, -0.2) is 4.98 Å². The van der Waals surface area contributed by atoms with E-state index in [1.165, 1.54) is 0 Å². The van der Waals surface area contributed by atoms with Crippen LogP contribution in [0.25, 0.3) is 16.6 Å². The van der Waals surface area contributed by atoms with Crippen LogP contribution in [0, 0.1) is 6.92 Å². The first-order chi connectivity index (χ1) is 20.9. The number of carbonyl (C=O) groups is 1. The largest absolute Gasteiger partial charge is 0.506 e. The minimum Gasteiger partial charge on any atom is -0.506 e. The number of ether oxygens (including phenoxy) is 1.